The molecule has 0 unspecified atom stereocenters. The summed E-state index contributed by atoms with van der Waals surface area (Å²) in [6.45, 7) is 0.297. The third kappa shape index (κ3) is 2.96. The van der Waals surface area contributed by atoms with E-state index in [9.17, 15) is 13.2 Å². The average molecular weight is 328 g/mol. The van der Waals surface area contributed by atoms with Crippen LogP contribution in [-0.2, 0) is 12.7 Å². The second-order valence-corrected chi connectivity index (χ2v) is 4.86. The van der Waals surface area contributed by atoms with Crippen LogP contribution in [0.5, 0.6) is 0 Å². The van der Waals surface area contributed by atoms with Gasteiger partial charge >= 0.3 is 6.18 Å². The third-order valence-corrected chi connectivity index (χ3v) is 3.19. The van der Waals surface area contributed by atoms with Gasteiger partial charge in [0.15, 0.2) is 5.65 Å². The first-order valence-electron chi connectivity index (χ1n) is 6.20. The summed E-state index contributed by atoms with van der Waals surface area (Å²) in [5.74, 6) is 0.462. The molecule has 0 aliphatic rings. The quantitative estimate of drug-likeness (QED) is 0.721. The largest absolute Gasteiger partial charge is 0.416 e. The molecule has 0 amide bonds. The van der Waals surface area contributed by atoms with Gasteiger partial charge in [0.25, 0.3) is 0 Å². The number of nitrogens with zero attached hydrogens (tertiary/aromatic N) is 3. The molecule has 3 aromatic rings. The number of rotatable bonds is 3. The molecule has 2 N–H and O–H groups in total. The van der Waals surface area contributed by atoms with E-state index in [1.165, 1.54) is 12.1 Å². The van der Waals surface area contributed by atoms with Gasteiger partial charge in [-0.1, -0.05) is 12.1 Å². The summed E-state index contributed by atoms with van der Waals surface area (Å²) in [6, 6.07) is 4.89. The molecule has 0 aliphatic heterocycles. The van der Waals surface area contributed by atoms with Gasteiger partial charge in [-0.15, -0.1) is 0 Å². The number of benzene rings is 1. The van der Waals surface area contributed by atoms with Crippen LogP contribution in [0.15, 0.2) is 30.5 Å². The van der Waals surface area contributed by atoms with Crippen LogP contribution in [-0.4, -0.2) is 20.2 Å². The van der Waals surface area contributed by atoms with Crippen molar-refractivity contribution in [3.05, 3.63) is 46.9 Å². The minimum absolute atomic E-state index is 0.0478. The van der Waals surface area contributed by atoms with Crippen LogP contribution in [0.3, 0.4) is 0 Å². The summed E-state index contributed by atoms with van der Waals surface area (Å²) in [5.41, 5.74) is 0.479. The maximum atomic E-state index is 12.5. The molecule has 0 saturated heterocycles. The van der Waals surface area contributed by atoms with Crippen LogP contribution < -0.4 is 5.32 Å². The molecule has 0 bridgehead atoms. The Balaban J connectivity index is 1.78. The van der Waals surface area contributed by atoms with E-state index >= 15 is 0 Å². The fourth-order valence-electron chi connectivity index (χ4n) is 1.94. The lowest BCUT2D eigenvalue weighted by atomic mass is 10.1. The van der Waals surface area contributed by atoms with Gasteiger partial charge in [0, 0.05) is 6.54 Å². The van der Waals surface area contributed by atoms with Crippen LogP contribution in [0.25, 0.3) is 11.0 Å². The van der Waals surface area contributed by atoms with Crippen molar-refractivity contribution < 1.29 is 13.2 Å². The van der Waals surface area contributed by atoms with E-state index in [1.807, 2.05) is 0 Å². The van der Waals surface area contributed by atoms with Gasteiger partial charge < -0.3 is 5.32 Å². The molecule has 5 nitrogen and oxygen atoms in total. The summed E-state index contributed by atoms with van der Waals surface area (Å²) >= 11 is 5.80. The molecule has 2 aromatic heterocycles. The Bertz CT molecular complexity index is 798. The van der Waals surface area contributed by atoms with Gasteiger partial charge in [-0.2, -0.15) is 28.2 Å². The van der Waals surface area contributed by atoms with Crippen molar-refractivity contribution in [2.45, 2.75) is 12.7 Å². The summed E-state index contributed by atoms with van der Waals surface area (Å²) in [7, 11) is 0. The fraction of sp³-hybridized carbons (Fsp3) is 0.154. The minimum Gasteiger partial charge on any atom is -0.365 e. The average Bonchev–Trinajstić information content (AvgIpc) is 2.92. The van der Waals surface area contributed by atoms with E-state index in [4.69, 9.17) is 11.6 Å². The molecule has 114 valence electrons. The first-order valence-corrected chi connectivity index (χ1v) is 6.58. The fourth-order valence-corrected chi connectivity index (χ4v) is 2.11. The SMILES string of the molecule is FC(F)(F)c1ccc(CNc2nc(Cl)nc3[nH]ncc23)cc1. The Hall–Kier alpha value is -2.35. The first kappa shape index (κ1) is 14.6. The molecule has 0 aliphatic carbocycles. The molecule has 9 heteroatoms. The van der Waals surface area contributed by atoms with E-state index < -0.39 is 11.7 Å². The van der Waals surface area contributed by atoms with Gasteiger partial charge in [-0.25, -0.2) is 0 Å². The molecule has 1 aromatic carbocycles. The second kappa shape index (κ2) is 5.45. The van der Waals surface area contributed by atoms with Crippen molar-refractivity contribution in [3.63, 3.8) is 0 Å². The zero-order valence-electron chi connectivity index (χ0n) is 10.9. The number of alkyl halides is 3. The third-order valence-electron chi connectivity index (χ3n) is 3.02. The minimum atomic E-state index is -4.34. The normalized spacial score (nSPS) is 11.8. The van der Waals surface area contributed by atoms with E-state index in [-0.39, 0.29) is 5.28 Å². The summed E-state index contributed by atoms with van der Waals surface area (Å²) < 4.78 is 37.5. The zero-order valence-corrected chi connectivity index (χ0v) is 11.7. The van der Waals surface area contributed by atoms with Gasteiger partial charge in [0.1, 0.15) is 5.82 Å². The second-order valence-electron chi connectivity index (χ2n) is 4.52. The van der Waals surface area contributed by atoms with Crippen molar-refractivity contribution in [2.24, 2.45) is 0 Å². The van der Waals surface area contributed by atoms with Crippen molar-refractivity contribution in [1.29, 1.82) is 0 Å². The van der Waals surface area contributed by atoms with Crippen molar-refractivity contribution in [1.82, 2.24) is 20.2 Å². The zero-order chi connectivity index (χ0) is 15.7. The number of aromatic amines is 1. The van der Waals surface area contributed by atoms with Crippen LogP contribution in [0.1, 0.15) is 11.1 Å². The highest BCUT2D eigenvalue weighted by Gasteiger charge is 2.29. The molecule has 0 radical (unpaired) electrons. The van der Waals surface area contributed by atoms with Gasteiger partial charge in [-0.3, -0.25) is 5.10 Å². The van der Waals surface area contributed by atoms with Crippen molar-refractivity contribution in [2.75, 3.05) is 5.32 Å². The lowest BCUT2D eigenvalue weighted by molar-refractivity contribution is -0.137. The molecule has 22 heavy (non-hydrogen) atoms. The number of nitrogens with one attached hydrogen (secondary N) is 2. The molecular formula is C13H9ClF3N5. The molecule has 0 fully saturated rings. The Labute approximate surface area is 127 Å². The monoisotopic (exact) mass is 327 g/mol. The van der Waals surface area contributed by atoms with Gasteiger partial charge in [-0.05, 0) is 29.3 Å². The maximum Gasteiger partial charge on any atom is 0.416 e. The standard InChI is InChI=1S/C13H9ClF3N5/c14-12-20-10(9-6-19-22-11(9)21-12)18-5-7-1-3-8(4-2-7)13(15,16)17/h1-4,6H,5H2,(H2,18,19,20,21,22). The summed E-state index contributed by atoms with van der Waals surface area (Å²) in [5, 5.41) is 10.2. The maximum absolute atomic E-state index is 12.5. The highest BCUT2D eigenvalue weighted by molar-refractivity contribution is 6.28. The number of halogens is 4. The number of anilines is 1. The van der Waals surface area contributed by atoms with Crippen molar-refractivity contribution >= 4 is 28.5 Å². The molecule has 0 spiro atoms. The molecule has 0 atom stereocenters. The molecule has 3 rings (SSSR count). The van der Waals surface area contributed by atoms with Crippen LogP contribution in [0, 0.1) is 0 Å². The van der Waals surface area contributed by atoms with Crippen LogP contribution in [0.4, 0.5) is 19.0 Å². The van der Waals surface area contributed by atoms with E-state index in [0.29, 0.717) is 29.0 Å². The smallest absolute Gasteiger partial charge is 0.365 e. The lowest BCUT2D eigenvalue weighted by Gasteiger charge is -2.09. The molecule has 2 heterocycles. The predicted octanol–water partition coefficient (Wildman–Crippen LogP) is 3.64. The topological polar surface area (TPSA) is 66.5 Å². The summed E-state index contributed by atoms with van der Waals surface area (Å²) in [6.07, 6.45) is -2.80. The highest BCUT2D eigenvalue weighted by Crippen LogP contribution is 2.29. The molecule has 0 saturated carbocycles. The highest BCUT2D eigenvalue weighted by atomic mass is 35.5. The van der Waals surface area contributed by atoms with E-state index in [0.717, 1.165) is 12.1 Å². The number of hydrogen-bond donors (Lipinski definition) is 2. The van der Waals surface area contributed by atoms with Crippen LogP contribution in [0.2, 0.25) is 5.28 Å². The van der Waals surface area contributed by atoms with Crippen molar-refractivity contribution in [3.8, 4) is 0 Å². The van der Waals surface area contributed by atoms with E-state index in [1.54, 1.807) is 6.20 Å². The number of aromatic nitrogens is 4. The first-order chi connectivity index (χ1) is 10.4. The Morgan fingerprint density at radius 3 is 2.55 bits per heavy atom. The molecular weight excluding hydrogens is 319 g/mol. The van der Waals surface area contributed by atoms with Gasteiger partial charge in [0.2, 0.25) is 5.28 Å². The summed E-state index contributed by atoms with van der Waals surface area (Å²) in [4.78, 5) is 8.01. The predicted molar refractivity (Wildman–Crippen MR) is 75.5 cm³/mol. The number of fused-ring (bicyclic) bond motifs is 1. The van der Waals surface area contributed by atoms with Crippen LogP contribution >= 0.6 is 11.6 Å². The lowest BCUT2D eigenvalue weighted by Crippen LogP contribution is -2.06. The number of H-pyrrole nitrogens is 1. The van der Waals surface area contributed by atoms with Gasteiger partial charge in [0.05, 0.1) is 17.1 Å². The van der Waals surface area contributed by atoms with E-state index in [2.05, 4.69) is 25.5 Å². The Morgan fingerprint density at radius 2 is 1.86 bits per heavy atom. The Morgan fingerprint density at radius 1 is 1.14 bits per heavy atom. The Kier molecular flexibility index (Phi) is 3.61. The number of hydrogen-bond acceptors (Lipinski definition) is 4.